The van der Waals surface area contributed by atoms with E-state index < -0.39 is 0 Å². The molecule has 2 nitrogen and oxygen atoms in total. The first-order valence-electron chi connectivity index (χ1n) is 6.19. The summed E-state index contributed by atoms with van der Waals surface area (Å²) in [4.78, 5) is 2.45. The highest BCUT2D eigenvalue weighted by atomic mass is 32.1. The van der Waals surface area contributed by atoms with E-state index in [0.29, 0.717) is 6.04 Å². The molecule has 1 aromatic rings. The molecule has 1 aromatic heterocycles. The molecule has 0 saturated heterocycles. The summed E-state index contributed by atoms with van der Waals surface area (Å²) < 4.78 is 0. The van der Waals surface area contributed by atoms with Crippen LogP contribution in [-0.2, 0) is 6.54 Å². The van der Waals surface area contributed by atoms with Gasteiger partial charge in [-0.3, -0.25) is 0 Å². The summed E-state index contributed by atoms with van der Waals surface area (Å²) in [5.41, 5.74) is 7.37. The van der Waals surface area contributed by atoms with Crippen molar-refractivity contribution in [3.63, 3.8) is 0 Å². The van der Waals surface area contributed by atoms with E-state index in [1.54, 1.807) is 11.3 Å². The molecular formula is C13H22N2S. The van der Waals surface area contributed by atoms with Crippen LogP contribution in [0.5, 0.6) is 0 Å². The van der Waals surface area contributed by atoms with Gasteiger partial charge >= 0.3 is 0 Å². The highest BCUT2D eigenvalue weighted by molar-refractivity contribution is 7.07. The quantitative estimate of drug-likeness (QED) is 0.874. The Kier molecular flexibility index (Phi) is 4.38. The van der Waals surface area contributed by atoms with Gasteiger partial charge in [0.1, 0.15) is 0 Å². The summed E-state index contributed by atoms with van der Waals surface area (Å²) in [6, 6.07) is 2.69. The van der Waals surface area contributed by atoms with Gasteiger partial charge in [0.2, 0.25) is 0 Å². The minimum absolute atomic E-state index is 0.471. The Morgan fingerprint density at radius 2 is 2.12 bits per heavy atom. The van der Waals surface area contributed by atoms with Crippen molar-refractivity contribution >= 4 is 11.3 Å². The Hall–Kier alpha value is -0.380. The van der Waals surface area contributed by atoms with E-state index in [9.17, 15) is 0 Å². The maximum atomic E-state index is 5.93. The van der Waals surface area contributed by atoms with Gasteiger partial charge in [0.05, 0.1) is 0 Å². The molecule has 0 unspecified atom stereocenters. The second-order valence-electron chi connectivity index (χ2n) is 5.11. The van der Waals surface area contributed by atoms with Gasteiger partial charge in [-0.2, -0.15) is 11.3 Å². The molecule has 0 amide bonds. The van der Waals surface area contributed by atoms with Crippen LogP contribution in [-0.4, -0.2) is 24.5 Å². The number of hydrogen-bond acceptors (Lipinski definition) is 3. The molecule has 0 atom stereocenters. The maximum absolute atomic E-state index is 5.93. The lowest BCUT2D eigenvalue weighted by Crippen LogP contribution is -2.32. The van der Waals surface area contributed by atoms with Gasteiger partial charge in [-0.1, -0.05) is 0 Å². The minimum Gasteiger partial charge on any atom is -0.328 e. The first-order valence-corrected chi connectivity index (χ1v) is 7.13. The average molecular weight is 238 g/mol. The number of thiophene rings is 1. The van der Waals surface area contributed by atoms with Crippen LogP contribution in [0, 0.1) is 5.92 Å². The summed E-state index contributed by atoms with van der Waals surface area (Å²) in [5.74, 6) is 0.864. The van der Waals surface area contributed by atoms with Crippen molar-refractivity contribution < 1.29 is 0 Å². The highest BCUT2D eigenvalue weighted by Gasteiger charge is 2.19. The zero-order chi connectivity index (χ0) is 11.4. The first-order chi connectivity index (χ1) is 7.74. The fourth-order valence-electron chi connectivity index (χ4n) is 2.57. The van der Waals surface area contributed by atoms with Gasteiger partial charge in [-0.25, -0.2) is 0 Å². The summed E-state index contributed by atoms with van der Waals surface area (Å²) in [6.45, 7) is 2.31. The Labute approximate surface area is 102 Å². The van der Waals surface area contributed by atoms with E-state index >= 15 is 0 Å². The van der Waals surface area contributed by atoms with Crippen LogP contribution in [0.25, 0.3) is 0 Å². The van der Waals surface area contributed by atoms with E-state index in [0.717, 1.165) is 12.5 Å². The highest BCUT2D eigenvalue weighted by Crippen LogP contribution is 2.24. The van der Waals surface area contributed by atoms with E-state index in [-0.39, 0.29) is 0 Å². The smallest absolute Gasteiger partial charge is 0.0239 e. The summed E-state index contributed by atoms with van der Waals surface area (Å²) in [5, 5.41) is 4.40. The molecule has 0 bridgehead atoms. The lowest BCUT2D eigenvalue weighted by molar-refractivity contribution is 0.219. The van der Waals surface area contributed by atoms with Crippen LogP contribution >= 0.6 is 11.3 Å². The van der Waals surface area contributed by atoms with Crippen LogP contribution in [0.4, 0.5) is 0 Å². The second kappa shape index (κ2) is 5.80. The standard InChI is InChI=1S/C13H22N2S/c1-15(9-12-6-7-16-10-12)8-11-2-4-13(14)5-3-11/h6-7,10-11,13H,2-5,8-9,14H2,1H3. The lowest BCUT2D eigenvalue weighted by atomic mass is 9.86. The molecule has 2 rings (SSSR count). The van der Waals surface area contributed by atoms with Crippen molar-refractivity contribution in [2.24, 2.45) is 11.7 Å². The largest absolute Gasteiger partial charge is 0.328 e. The fourth-order valence-corrected chi connectivity index (χ4v) is 3.23. The van der Waals surface area contributed by atoms with Crippen molar-refractivity contribution in [2.75, 3.05) is 13.6 Å². The topological polar surface area (TPSA) is 29.3 Å². The second-order valence-corrected chi connectivity index (χ2v) is 5.89. The van der Waals surface area contributed by atoms with Gasteiger partial charge < -0.3 is 10.6 Å². The third kappa shape index (κ3) is 3.58. The van der Waals surface area contributed by atoms with Crippen molar-refractivity contribution in [2.45, 2.75) is 38.3 Å². The first kappa shape index (κ1) is 12.1. The number of nitrogens with two attached hydrogens (primary N) is 1. The molecule has 0 aliphatic heterocycles. The van der Waals surface area contributed by atoms with Crippen LogP contribution in [0.15, 0.2) is 16.8 Å². The number of rotatable bonds is 4. The Morgan fingerprint density at radius 3 is 2.75 bits per heavy atom. The summed E-state index contributed by atoms with van der Waals surface area (Å²) in [6.07, 6.45) is 5.07. The number of hydrogen-bond donors (Lipinski definition) is 1. The normalized spacial score (nSPS) is 26.2. The Bertz CT molecular complexity index is 289. The maximum Gasteiger partial charge on any atom is 0.0239 e. The summed E-state index contributed by atoms with van der Waals surface area (Å²) >= 11 is 1.78. The molecule has 0 radical (unpaired) electrons. The van der Waals surface area contributed by atoms with Crippen LogP contribution in [0.3, 0.4) is 0 Å². The van der Waals surface area contributed by atoms with Crippen molar-refractivity contribution in [3.8, 4) is 0 Å². The van der Waals surface area contributed by atoms with E-state index in [1.165, 1.54) is 37.8 Å². The molecule has 1 heterocycles. The zero-order valence-corrected chi connectivity index (χ0v) is 10.9. The molecule has 1 fully saturated rings. The molecular weight excluding hydrogens is 216 g/mol. The Morgan fingerprint density at radius 1 is 1.38 bits per heavy atom. The predicted molar refractivity (Wildman–Crippen MR) is 70.6 cm³/mol. The average Bonchev–Trinajstić information content (AvgIpc) is 2.74. The molecule has 3 heteroatoms. The Balaban J connectivity index is 1.72. The van der Waals surface area contributed by atoms with Gasteiger partial charge in [-0.15, -0.1) is 0 Å². The van der Waals surface area contributed by atoms with E-state index in [4.69, 9.17) is 5.73 Å². The van der Waals surface area contributed by atoms with Crippen molar-refractivity contribution in [3.05, 3.63) is 22.4 Å². The number of nitrogens with zero attached hydrogens (tertiary/aromatic N) is 1. The minimum atomic E-state index is 0.471. The molecule has 0 aromatic carbocycles. The zero-order valence-electron chi connectivity index (χ0n) is 10.1. The summed E-state index contributed by atoms with van der Waals surface area (Å²) in [7, 11) is 2.23. The third-order valence-corrected chi connectivity index (χ3v) is 4.23. The van der Waals surface area contributed by atoms with Crippen LogP contribution in [0.1, 0.15) is 31.2 Å². The lowest BCUT2D eigenvalue weighted by Gasteiger charge is -2.29. The molecule has 16 heavy (non-hydrogen) atoms. The molecule has 2 N–H and O–H groups in total. The third-order valence-electron chi connectivity index (χ3n) is 3.49. The van der Waals surface area contributed by atoms with Gasteiger partial charge in [0, 0.05) is 19.1 Å². The van der Waals surface area contributed by atoms with Gasteiger partial charge in [-0.05, 0) is 61.0 Å². The molecule has 0 spiro atoms. The monoisotopic (exact) mass is 238 g/mol. The molecule has 1 aliphatic rings. The van der Waals surface area contributed by atoms with Crippen LogP contribution in [0.2, 0.25) is 0 Å². The predicted octanol–water partition coefficient (Wildman–Crippen LogP) is 2.70. The van der Waals surface area contributed by atoms with E-state index in [2.05, 4.69) is 28.8 Å². The van der Waals surface area contributed by atoms with E-state index in [1.807, 2.05) is 0 Å². The molecule has 90 valence electrons. The molecule has 1 aliphatic carbocycles. The fraction of sp³-hybridized carbons (Fsp3) is 0.692. The van der Waals surface area contributed by atoms with Crippen LogP contribution < -0.4 is 5.73 Å². The van der Waals surface area contributed by atoms with Gasteiger partial charge in [0.15, 0.2) is 0 Å². The molecule has 1 saturated carbocycles. The SMILES string of the molecule is CN(Cc1ccsc1)CC1CCC(N)CC1. The van der Waals surface area contributed by atoms with Crippen molar-refractivity contribution in [1.82, 2.24) is 4.90 Å². The van der Waals surface area contributed by atoms with Gasteiger partial charge in [0.25, 0.3) is 0 Å². The van der Waals surface area contributed by atoms with Crippen molar-refractivity contribution in [1.29, 1.82) is 0 Å².